The highest BCUT2D eigenvalue weighted by Crippen LogP contribution is 2.43. The molecule has 1 heterocycles. The molecule has 1 aliphatic heterocycles. The number of carbonyl (C=O) groups is 1. The Morgan fingerprint density at radius 2 is 2.17 bits per heavy atom. The van der Waals surface area contributed by atoms with Crippen LogP contribution in [0, 0.1) is 0 Å². The lowest BCUT2D eigenvalue weighted by molar-refractivity contribution is -0.132. The van der Waals surface area contributed by atoms with Gasteiger partial charge < -0.3 is 10.0 Å². The number of hydrogen-bond acceptors (Lipinski definition) is 3. The van der Waals surface area contributed by atoms with E-state index in [9.17, 15) is 4.79 Å². The average Bonchev–Trinajstić information content (AvgIpc) is 2.38. The Labute approximate surface area is 110 Å². The van der Waals surface area contributed by atoms with Crippen molar-refractivity contribution >= 4 is 23.4 Å². The Morgan fingerprint density at radius 3 is 2.94 bits per heavy atom. The van der Waals surface area contributed by atoms with Crippen LogP contribution in [0.4, 0.5) is 5.69 Å². The fourth-order valence-corrected chi connectivity index (χ4v) is 3.73. The van der Waals surface area contributed by atoms with Gasteiger partial charge in [-0.3, -0.25) is 0 Å². The number of carboxylic acid groups (broad SMARTS) is 1. The van der Waals surface area contributed by atoms with Gasteiger partial charge in [-0.25, -0.2) is 4.79 Å². The monoisotopic (exact) mass is 259 g/mol. The van der Waals surface area contributed by atoms with Crippen molar-refractivity contribution in [2.24, 2.45) is 0 Å². The summed E-state index contributed by atoms with van der Waals surface area (Å²) >= 11 is 1.79. The van der Waals surface area contributed by atoms with Crippen LogP contribution >= 0.6 is 11.8 Å². The van der Waals surface area contributed by atoms with Gasteiger partial charge in [-0.15, -0.1) is 11.8 Å². The molecule has 0 aromatic heterocycles. The fraction of sp³-hybridized carbons (Fsp3) is 0.214. The van der Waals surface area contributed by atoms with E-state index in [1.54, 1.807) is 17.8 Å². The van der Waals surface area contributed by atoms with Crippen LogP contribution in [-0.2, 0) is 4.79 Å². The Balaban J connectivity index is 2.02. The molecule has 4 heteroatoms. The topological polar surface area (TPSA) is 40.5 Å². The molecule has 0 bridgehead atoms. The number of aliphatic carboxylic acids is 1. The number of carboxylic acids is 1. The summed E-state index contributed by atoms with van der Waals surface area (Å²) in [4.78, 5) is 14.4. The van der Waals surface area contributed by atoms with Crippen LogP contribution in [0.2, 0.25) is 0 Å². The van der Waals surface area contributed by atoms with Crippen molar-refractivity contribution in [2.75, 3.05) is 11.9 Å². The summed E-state index contributed by atoms with van der Waals surface area (Å²) in [5, 5.41) is 9.35. The van der Waals surface area contributed by atoms with E-state index < -0.39 is 5.97 Å². The minimum atomic E-state index is -0.859. The maximum absolute atomic E-state index is 11.0. The van der Waals surface area contributed by atoms with Crippen molar-refractivity contribution in [1.82, 2.24) is 0 Å². The number of likely N-dealkylation sites (N-methyl/N-ethyl adjacent to an activating group) is 1. The zero-order valence-electron chi connectivity index (χ0n) is 9.91. The van der Waals surface area contributed by atoms with Crippen LogP contribution < -0.4 is 4.90 Å². The number of hydrogen-bond donors (Lipinski definition) is 1. The molecule has 0 unspecified atom stereocenters. The predicted molar refractivity (Wildman–Crippen MR) is 73.1 cm³/mol. The molecule has 1 aromatic carbocycles. The first-order valence-electron chi connectivity index (χ1n) is 5.78. The van der Waals surface area contributed by atoms with Crippen LogP contribution in [0.1, 0.15) is 0 Å². The van der Waals surface area contributed by atoms with Gasteiger partial charge in [0.1, 0.15) is 0 Å². The molecule has 1 N–H and O–H groups in total. The molecule has 92 valence electrons. The summed E-state index contributed by atoms with van der Waals surface area (Å²) in [6, 6.07) is 8.34. The lowest BCUT2D eigenvalue weighted by Crippen LogP contribution is -2.42. The number of anilines is 1. The van der Waals surface area contributed by atoms with E-state index in [0.29, 0.717) is 5.57 Å². The second-order valence-corrected chi connectivity index (χ2v) is 5.66. The van der Waals surface area contributed by atoms with E-state index >= 15 is 0 Å². The normalized spacial score (nSPS) is 25.2. The molecule has 3 nitrogen and oxygen atoms in total. The largest absolute Gasteiger partial charge is 0.478 e. The number of rotatable bonds is 1. The molecule has 0 amide bonds. The summed E-state index contributed by atoms with van der Waals surface area (Å²) in [5.74, 6) is -0.859. The van der Waals surface area contributed by atoms with E-state index in [4.69, 9.17) is 5.11 Å². The van der Waals surface area contributed by atoms with Gasteiger partial charge >= 0.3 is 5.97 Å². The van der Waals surface area contributed by atoms with Crippen molar-refractivity contribution in [3.05, 3.63) is 48.1 Å². The zero-order valence-corrected chi connectivity index (χ0v) is 10.7. The standard InChI is InChI=1S/C14H13NO2S/c1-15-10-4-2-3-5-12(10)18-13-7-6-9(14(16)17)8-11(13)15/h2-8,11,13H,1H3,(H,16,17)/t11-,13-/m0/s1. The lowest BCUT2D eigenvalue weighted by Gasteiger charge is -2.40. The first-order chi connectivity index (χ1) is 8.66. The van der Waals surface area contributed by atoms with Gasteiger partial charge in [-0.2, -0.15) is 0 Å². The SMILES string of the molecule is CN1c2ccccc2S[C@H]2C=CC(C(=O)O)=C[C@@H]21. The lowest BCUT2D eigenvalue weighted by atomic mass is 10.00. The van der Waals surface area contributed by atoms with Crippen molar-refractivity contribution < 1.29 is 9.90 Å². The van der Waals surface area contributed by atoms with Gasteiger partial charge in [0.25, 0.3) is 0 Å². The third-order valence-corrected chi connectivity index (χ3v) is 4.66. The number of thioether (sulfide) groups is 1. The molecule has 1 aliphatic carbocycles. The van der Waals surface area contributed by atoms with E-state index in [1.807, 2.05) is 31.3 Å². The molecule has 0 saturated carbocycles. The Morgan fingerprint density at radius 1 is 1.39 bits per heavy atom. The number of nitrogens with zero attached hydrogens (tertiary/aromatic N) is 1. The summed E-state index contributed by atoms with van der Waals surface area (Å²) in [6.07, 6.45) is 5.54. The third kappa shape index (κ3) is 1.73. The highest BCUT2D eigenvalue weighted by Gasteiger charge is 2.32. The third-order valence-electron chi connectivity index (χ3n) is 3.35. The van der Waals surface area contributed by atoms with Crippen LogP contribution in [0.15, 0.2) is 53.0 Å². The minimum absolute atomic E-state index is 0.112. The Bertz CT molecular complexity index is 565. The molecule has 2 aliphatic rings. The number of benzene rings is 1. The zero-order chi connectivity index (χ0) is 12.7. The van der Waals surface area contributed by atoms with Crippen LogP contribution in [0.25, 0.3) is 0 Å². The Kier molecular flexibility index (Phi) is 2.67. The summed E-state index contributed by atoms with van der Waals surface area (Å²) in [6.45, 7) is 0. The van der Waals surface area contributed by atoms with Crippen molar-refractivity contribution in [2.45, 2.75) is 16.2 Å². The molecule has 0 spiro atoms. The van der Waals surface area contributed by atoms with Gasteiger partial charge in [0.15, 0.2) is 0 Å². The number of fused-ring (bicyclic) bond motifs is 2. The predicted octanol–water partition coefficient (Wildman–Crippen LogP) is 2.55. The van der Waals surface area contributed by atoms with E-state index in [-0.39, 0.29) is 11.3 Å². The van der Waals surface area contributed by atoms with Crippen molar-refractivity contribution in [3.63, 3.8) is 0 Å². The van der Waals surface area contributed by atoms with E-state index in [0.717, 1.165) is 0 Å². The van der Waals surface area contributed by atoms with Gasteiger partial charge in [-0.1, -0.05) is 24.3 Å². The summed E-state index contributed by atoms with van der Waals surface area (Å²) < 4.78 is 0. The molecule has 0 saturated heterocycles. The molecular weight excluding hydrogens is 246 g/mol. The van der Waals surface area contributed by atoms with Crippen LogP contribution in [-0.4, -0.2) is 29.4 Å². The molecule has 18 heavy (non-hydrogen) atoms. The second-order valence-electron chi connectivity index (χ2n) is 4.44. The molecular formula is C14H13NO2S. The smallest absolute Gasteiger partial charge is 0.335 e. The summed E-state index contributed by atoms with van der Waals surface area (Å²) in [7, 11) is 2.02. The van der Waals surface area contributed by atoms with Gasteiger partial charge in [0.05, 0.1) is 22.6 Å². The minimum Gasteiger partial charge on any atom is -0.478 e. The average molecular weight is 259 g/mol. The molecule has 0 fully saturated rings. The van der Waals surface area contributed by atoms with E-state index in [1.165, 1.54) is 10.6 Å². The molecule has 0 radical (unpaired) electrons. The maximum atomic E-state index is 11.0. The highest BCUT2D eigenvalue weighted by atomic mass is 32.2. The maximum Gasteiger partial charge on any atom is 0.335 e. The highest BCUT2D eigenvalue weighted by molar-refractivity contribution is 8.00. The first kappa shape index (κ1) is 11.4. The van der Waals surface area contributed by atoms with Crippen LogP contribution in [0.3, 0.4) is 0 Å². The Hall–Kier alpha value is -1.68. The first-order valence-corrected chi connectivity index (χ1v) is 6.66. The van der Waals surface area contributed by atoms with Gasteiger partial charge in [0, 0.05) is 11.9 Å². The summed E-state index contributed by atoms with van der Waals surface area (Å²) in [5.41, 5.74) is 1.54. The quantitative estimate of drug-likeness (QED) is 0.841. The van der Waals surface area contributed by atoms with Crippen molar-refractivity contribution in [1.29, 1.82) is 0 Å². The van der Waals surface area contributed by atoms with Crippen molar-refractivity contribution in [3.8, 4) is 0 Å². The number of para-hydroxylation sites is 1. The fourth-order valence-electron chi connectivity index (χ4n) is 2.39. The van der Waals surface area contributed by atoms with Gasteiger partial charge in [0.2, 0.25) is 0 Å². The molecule has 2 atom stereocenters. The van der Waals surface area contributed by atoms with E-state index in [2.05, 4.69) is 17.0 Å². The molecule has 1 aromatic rings. The van der Waals surface area contributed by atoms with Gasteiger partial charge in [-0.05, 0) is 18.2 Å². The second kappa shape index (κ2) is 4.21. The van der Waals surface area contributed by atoms with Crippen LogP contribution in [0.5, 0.6) is 0 Å². The molecule has 3 rings (SSSR count).